The second-order valence-corrected chi connectivity index (χ2v) is 7.02. The molecular weight excluding hydrogens is 447 g/mol. The summed E-state index contributed by atoms with van der Waals surface area (Å²) < 4.78 is 11.2. The molecular formula is C18H37IN4O3. The maximum atomic E-state index is 11.8. The number of aliphatic imine (C=N–C) groups is 1. The number of carbonyl (C=O) groups excluding carboxylic acids is 1. The van der Waals surface area contributed by atoms with E-state index in [1.165, 1.54) is 0 Å². The molecule has 0 bridgehead atoms. The first kappa shape index (κ1) is 25.4. The van der Waals surface area contributed by atoms with Crippen molar-refractivity contribution < 1.29 is 14.3 Å². The Labute approximate surface area is 175 Å². The molecule has 1 aliphatic rings. The first-order valence-electron chi connectivity index (χ1n) is 9.35. The number of rotatable bonds is 10. The third kappa shape index (κ3) is 10.5. The van der Waals surface area contributed by atoms with Crippen LogP contribution in [0.25, 0.3) is 0 Å². The number of hydrogen-bond donors (Lipinski definition) is 2. The fourth-order valence-electron chi connectivity index (χ4n) is 2.60. The van der Waals surface area contributed by atoms with E-state index in [4.69, 9.17) is 9.47 Å². The Morgan fingerprint density at radius 3 is 2.62 bits per heavy atom. The van der Waals surface area contributed by atoms with Crippen LogP contribution in [0.4, 0.5) is 0 Å². The van der Waals surface area contributed by atoms with Crippen molar-refractivity contribution in [3.05, 3.63) is 0 Å². The summed E-state index contributed by atoms with van der Waals surface area (Å²) in [5, 5.41) is 6.67. The summed E-state index contributed by atoms with van der Waals surface area (Å²) in [6, 6.07) is 0. The third-order valence-electron chi connectivity index (χ3n) is 4.30. The van der Waals surface area contributed by atoms with Crippen molar-refractivity contribution in [3.8, 4) is 0 Å². The molecule has 0 spiro atoms. The molecule has 1 amide bonds. The Kier molecular flexibility index (Phi) is 14.1. The van der Waals surface area contributed by atoms with Crippen molar-refractivity contribution in [1.82, 2.24) is 15.5 Å². The number of guanidine groups is 1. The van der Waals surface area contributed by atoms with Gasteiger partial charge in [-0.15, -0.1) is 24.0 Å². The molecule has 0 aliphatic carbocycles. The van der Waals surface area contributed by atoms with E-state index >= 15 is 0 Å². The highest BCUT2D eigenvalue weighted by Gasteiger charge is 2.17. The molecule has 2 atom stereocenters. The topological polar surface area (TPSA) is 75.2 Å². The molecule has 1 fully saturated rings. The molecule has 1 saturated heterocycles. The molecule has 0 radical (unpaired) electrons. The number of halogens is 1. The predicted octanol–water partition coefficient (Wildman–Crippen LogP) is 1.72. The molecule has 7 nitrogen and oxygen atoms in total. The van der Waals surface area contributed by atoms with E-state index in [1.54, 1.807) is 19.0 Å². The largest absolute Gasteiger partial charge is 0.381 e. The molecule has 2 N–H and O–H groups in total. The van der Waals surface area contributed by atoms with E-state index in [0.717, 1.165) is 45.8 Å². The standard InChI is InChI=1S/C18H36N4O3.HI/c1-6-25-16(14(2)3)7-9-19-18(21-12-17(23)22(4)5)20-11-15-8-10-24-13-15;/h14-16H,6-13H2,1-5H3,(H2,19,20,21);1H. The van der Waals surface area contributed by atoms with E-state index < -0.39 is 0 Å². The Hall–Kier alpha value is -0.610. The minimum atomic E-state index is -0.0142. The van der Waals surface area contributed by atoms with Gasteiger partial charge < -0.3 is 25.0 Å². The molecule has 0 aromatic rings. The van der Waals surface area contributed by atoms with Gasteiger partial charge in [0.2, 0.25) is 5.91 Å². The van der Waals surface area contributed by atoms with Crippen LogP contribution in [0, 0.1) is 11.8 Å². The minimum Gasteiger partial charge on any atom is -0.381 e. The van der Waals surface area contributed by atoms with Crippen LogP contribution in [0.15, 0.2) is 4.99 Å². The summed E-state index contributed by atoms with van der Waals surface area (Å²) in [5.74, 6) is 1.64. The number of amides is 1. The van der Waals surface area contributed by atoms with Gasteiger partial charge in [0.05, 0.1) is 12.7 Å². The molecule has 154 valence electrons. The smallest absolute Gasteiger partial charge is 0.243 e. The minimum absolute atomic E-state index is 0. The summed E-state index contributed by atoms with van der Waals surface area (Å²) in [6.07, 6.45) is 2.20. The molecule has 1 aliphatic heterocycles. The van der Waals surface area contributed by atoms with Gasteiger partial charge in [-0.3, -0.25) is 4.79 Å². The van der Waals surface area contributed by atoms with Gasteiger partial charge in [0.25, 0.3) is 0 Å². The quantitative estimate of drug-likeness (QED) is 0.281. The maximum absolute atomic E-state index is 11.8. The number of nitrogens with zero attached hydrogens (tertiary/aromatic N) is 2. The van der Waals surface area contributed by atoms with Gasteiger partial charge in [0.15, 0.2) is 5.96 Å². The lowest BCUT2D eigenvalue weighted by molar-refractivity contribution is -0.127. The van der Waals surface area contributed by atoms with Crippen LogP contribution < -0.4 is 10.6 Å². The van der Waals surface area contributed by atoms with Crippen LogP contribution in [0.1, 0.15) is 33.6 Å². The average molecular weight is 484 g/mol. The van der Waals surface area contributed by atoms with Gasteiger partial charge in [-0.2, -0.15) is 0 Å². The van der Waals surface area contributed by atoms with Gasteiger partial charge in [0.1, 0.15) is 6.54 Å². The summed E-state index contributed by atoms with van der Waals surface area (Å²) in [7, 11) is 3.48. The van der Waals surface area contributed by atoms with Crippen LogP contribution in [0.3, 0.4) is 0 Å². The lowest BCUT2D eigenvalue weighted by Crippen LogP contribution is -2.42. The predicted molar refractivity (Wildman–Crippen MR) is 116 cm³/mol. The lowest BCUT2D eigenvalue weighted by Gasteiger charge is -2.22. The van der Waals surface area contributed by atoms with E-state index in [9.17, 15) is 4.79 Å². The molecule has 0 saturated carbocycles. The van der Waals surface area contributed by atoms with Crippen molar-refractivity contribution in [2.75, 3.05) is 53.6 Å². The Bertz CT molecular complexity index is 413. The van der Waals surface area contributed by atoms with Crippen LogP contribution in [-0.2, 0) is 14.3 Å². The van der Waals surface area contributed by atoms with Gasteiger partial charge in [-0.1, -0.05) is 13.8 Å². The number of ether oxygens (including phenoxy) is 2. The van der Waals surface area contributed by atoms with E-state index in [-0.39, 0.29) is 42.5 Å². The number of carbonyl (C=O) groups is 1. The zero-order valence-electron chi connectivity index (χ0n) is 16.9. The number of likely N-dealkylation sites (N-methyl/N-ethyl adjacent to an activating group) is 1. The number of hydrogen-bond acceptors (Lipinski definition) is 4. The number of nitrogens with one attached hydrogen (secondary N) is 2. The second kappa shape index (κ2) is 14.4. The van der Waals surface area contributed by atoms with Gasteiger partial charge in [-0.25, -0.2) is 4.99 Å². The zero-order valence-corrected chi connectivity index (χ0v) is 19.2. The molecule has 0 aromatic carbocycles. The van der Waals surface area contributed by atoms with Crippen LogP contribution in [0.5, 0.6) is 0 Å². The van der Waals surface area contributed by atoms with Crippen molar-refractivity contribution >= 4 is 35.8 Å². The highest BCUT2D eigenvalue weighted by atomic mass is 127. The first-order chi connectivity index (χ1) is 11.9. The highest BCUT2D eigenvalue weighted by molar-refractivity contribution is 14.0. The Morgan fingerprint density at radius 1 is 1.35 bits per heavy atom. The highest BCUT2D eigenvalue weighted by Crippen LogP contribution is 2.11. The zero-order chi connectivity index (χ0) is 18.7. The second-order valence-electron chi connectivity index (χ2n) is 7.02. The van der Waals surface area contributed by atoms with Gasteiger partial charge in [0, 0.05) is 46.3 Å². The molecule has 1 heterocycles. The maximum Gasteiger partial charge on any atom is 0.243 e. The van der Waals surface area contributed by atoms with Crippen molar-refractivity contribution in [3.63, 3.8) is 0 Å². The Balaban J connectivity index is 0.00000625. The molecule has 1 rings (SSSR count). The normalized spacial score (nSPS) is 18.4. The molecule has 8 heteroatoms. The summed E-state index contributed by atoms with van der Waals surface area (Å²) >= 11 is 0. The molecule has 2 unspecified atom stereocenters. The SMILES string of the molecule is CCOC(CCNC(=NCC(=O)N(C)C)NCC1CCOC1)C(C)C.I. The molecule has 26 heavy (non-hydrogen) atoms. The molecule has 0 aromatic heterocycles. The fraction of sp³-hybridized carbons (Fsp3) is 0.889. The van der Waals surface area contributed by atoms with Crippen LogP contribution >= 0.6 is 24.0 Å². The van der Waals surface area contributed by atoms with Gasteiger partial charge >= 0.3 is 0 Å². The van der Waals surface area contributed by atoms with Crippen LogP contribution in [0.2, 0.25) is 0 Å². The summed E-state index contributed by atoms with van der Waals surface area (Å²) in [5.41, 5.74) is 0. The lowest BCUT2D eigenvalue weighted by atomic mass is 10.0. The monoisotopic (exact) mass is 484 g/mol. The van der Waals surface area contributed by atoms with Crippen molar-refractivity contribution in [2.45, 2.75) is 39.7 Å². The Morgan fingerprint density at radius 2 is 2.08 bits per heavy atom. The van der Waals surface area contributed by atoms with Crippen molar-refractivity contribution in [1.29, 1.82) is 0 Å². The van der Waals surface area contributed by atoms with E-state index in [0.29, 0.717) is 17.8 Å². The first-order valence-corrected chi connectivity index (χ1v) is 9.35. The van der Waals surface area contributed by atoms with Gasteiger partial charge in [-0.05, 0) is 25.7 Å². The van der Waals surface area contributed by atoms with Crippen LogP contribution in [-0.4, -0.2) is 76.4 Å². The van der Waals surface area contributed by atoms with E-state index in [2.05, 4.69) is 29.5 Å². The fourth-order valence-corrected chi connectivity index (χ4v) is 2.60. The third-order valence-corrected chi connectivity index (χ3v) is 4.30. The average Bonchev–Trinajstić information content (AvgIpc) is 3.08. The summed E-state index contributed by atoms with van der Waals surface area (Å²) in [4.78, 5) is 17.8. The van der Waals surface area contributed by atoms with Crippen molar-refractivity contribution in [2.24, 2.45) is 16.8 Å². The van der Waals surface area contributed by atoms with E-state index in [1.807, 2.05) is 6.92 Å². The summed E-state index contributed by atoms with van der Waals surface area (Å²) in [6.45, 7) is 10.4.